The van der Waals surface area contributed by atoms with Crippen LogP contribution >= 0.6 is 0 Å². The summed E-state index contributed by atoms with van der Waals surface area (Å²) in [6.45, 7) is 3.88. The first kappa shape index (κ1) is 11.2. The van der Waals surface area contributed by atoms with Crippen LogP contribution in [0.15, 0.2) is 12.4 Å². The average Bonchev–Trinajstić information content (AvgIpc) is 2.54. The maximum absolute atomic E-state index is 5.77. The third-order valence-corrected chi connectivity index (χ3v) is 2.44. The molecule has 1 heterocycles. The van der Waals surface area contributed by atoms with E-state index in [9.17, 15) is 0 Å². The van der Waals surface area contributed by atoms with Gasteiger partial charge in [0.15, 0.2) is 0 Å². The Morgan fingerprint density at radius 3 is 2.79 bits per heavy atom. The molecule has 2 N–H and O–H groups in total. The van der Waals surface area contributed by atoms with Crippen molar-refractivity contribution in [1.82, 2.24) is 14.7 Å². The molecule has 1 rings (SSSR count). The van der Waals surface area contributed by atoms with E-state index in [0.29, 0.717) is 12.6 Å². The topological polar surface area (TPSA) is 47.1 Å². The highest BCUT2D eigenvalue weighted by molar-refractivity contribution is 5.10. The van der Waals surface area contributed by atoms with Crippen molar-refractivity contribution in [1.29, 1.82) is 0 Å². The van der Waals surface area contributed by atoms with Crippen molar-refractivity contribution in [3.05, 3.63) is 18.0 Å². The molecule has 14 heavy (non-hydrogen) atoms. The van der Waals surface area contributed by atoms with Crippen molar-refractivity contribution in [3.63, 3.8) is 0 Å². The molecule has 0 fully saturated rings. The Bertz CT molecular complexity index is 269. The first-order valence-electron chi connectivity index (χ1n) is 5.07. The molecular weight excluding hydrogens is 176 g/mol. The lowest BCUT2D eigenvalue weighted by Crippen LogP contribution is -2.30. The molecule has 4 heteroatoms. The highest BCUT2D eigenvalue weighted by Gasteiger charge is 2.15. The molecule has 0 aliphatic carbocycles. The summed E-state index contributed by atoms with van der Waals surface area (Å²) >= 11 is 0. The fraction of sp³-hybridized carbons (Fsp3) is 0.700. The van der Waals surface area contributed by atoms with Gasteiger partial charge in [-0.1, -0.05) is 6.92 Å². The summed E-state index contributed by atoms with van der Waals surface area (Å²) in [7, 11) is 4.03. The second kappa shape index (κ2) is 5.12. The number of likely N-dealkylation sites (N-methyl/N-ethyl adjacent to an activating group) is 1. The van der Waals surface area contributed by atoms with E-state index in [1.807, 2.05) is 24.1 Å². The molecule has 1 aromatic rings. The van der Waals surface area contributed by atoms with E-state index in [2.05, 4.69) is 24.0 Å². The van der Waals surface area contributed by atoms with Crippen LogP contribution in [0.5, 0.6) is 0 Å². The average molecular weight is 196 g/mol. The smallest absolute Gasteiger partial charge is 0.0538 e. The third-order valence-electron chi connectivity index (χ3n) is 2.44. The molecule has 0 radical (unpaired) electrons. The van der Waals surface area contributed by atoms with Crippen LogP contribution in [0.2, 0.25) is 0 Å². The van der Waals surface area contributed by atoms with E-state index in [-0.39, 0.29) is 0 Å². The molecule has 1 unspecified atom stereocenters. The molecule has 0 bridgehead atoms. The summed E-state index contributed by atoms with van der Waals surface area (Å²) < 4.78 is 1.82. The summed E-state index contributed by atoms with van der Waals surface area (Å²) in [5, 5.41) is 4.16. The minimum absolute atomic E-state index is 0.295. The Morgan fingerprint density at radius 1 is 1.64 bits per heavy atom. The number of hydrogen-bond acceptors (Lipinski definition) is 3. The summed E-state index contributed by atoms with van der Waals surface area (Å²) in [6, 6.07) is 0.295. The van der Waals surface area contributed by atoms with Crippen LogP contribution in [0.25, 0.3) is 0 Å². The lowest BCUT2D eigenvalue weighted by atomic mass is 10.1. The minimum Gasteiger partial charge on any atom is -0.329 e. The number of aromatic nitrogens is 2. The molecule has 0 aliphatic heterocycles. The summed E-state index contributed by atoms with van der Waals surface area (Å²) in [6.07, 6.45) is 5.07. The first-order valence-corrected chi connectivity index (χ1v) is 5.07. The third kappa shape index (κ3) is 2.56. The van der Waals surface area contributed by atoms with Gasteiger partial charge in [-0.05, 0) is 20.0 Å². The minimum atomic E-state index is 0.295. The molecule has 0 amide bonds. The van der Waals surface area contributed by atoms with Crippen LogP contribution in [0.4, 0.5) is 0 Å². The molecule has 1 aromatic heterocycles. The normalized spacial score (nSPS) is 13.5. The lowest BCUT2D eigenvalue weighted by molar-refractivity contribution is 0.250. The molecular formula is C10H20N4. The zero-order valence-corrected chi connectivity index (χ0v) is 9.27. The van der Waals surface area contributed by atoms with Gasteiger partial charge in [0.1, 0.15) is 0 Å². The van der Waals surface area contributed by atoms with E-state index in [1.165, 1.54) is 5.56 Å². The maximum Gasteiger partial charge on any atom is 0.0538 e. The van der Waals surface area contributed by atoms with E-state index in [0.717, 1.165) is 13.0 Å². The fourth-order valence-electron chi connectivity index (χ4n) is 1.69. The fourth-order valence-corrected chi connectivity index (χ4v) is 1.69. The van der Waals surface area contributed by atoms with Crippen molar-refractivity contribution in [3.8, 4) is 0 Å². The van der Waals surface area contributed by atoms with Crippen LogP contribution in [0.1, 0.15) is 24.9 Å². The molecule has 1 atom stereocenters. The van der Waals surface area contributed by atoms with Crippen LogP contribution in [-0.4, -0.2) is 34.8 Å². The Morgan fingerprint density at radius 2 is 2.36 bits per heavy atom. The highest BCUT2D eigenvalue weighted by atomic mass is 15.2. The Balaban J connectivity index is 2.71. The van der Waals surface area contributed by atoms with E-state index >= 15 is 0 Å². The van der Waals surface area contributed by atoms with Gasteiger partial charge in [0.05, 0.1) is 6.20 Å². The molecule has 4 nitrogen and oxygen atoms in total. The molecule has 0 aliphatic rings. The number of rotatable bonds is 5. The van der Waals surface area contributed by atoms with Crippen molar-refractivity contribution >= 4 is 0 Å². The second-order valence-corrected chi connectivity index (χ2v) is 3.68. The number of aryl methyl sites for hydroxylation is 1. The SMILES string of the molecule is CCCN(C)C(CN)c1cnn(C)c1. The predicted molar refractivity (Wildman–Crippen MR) is 57.9 cm³/mol. The zero-order valence-electron chi connectivity index (χ0n) is 9.27. The van der Waals surface area contributed by atoms with E-state index < -0.39 is 0 Å². The van der Waals surface area contributed by atoms with Gasteiger partial charge in [0.25, 0.3) is 0 Å². The molecule has 80 valence electrons. The zero-order chi connectivity index (χ0) is 10.6. The summed E-state index contributed by atoms with van der Waals surface area (Å²) in [4.78, 5) is 2.27. The second-order valence-electron chi connectivity index (χ2n) is 3.68. The largest absolute Gasteiger partial charge is 0.329 e. The number of nitrogens with zero attached hydrogens (tertiary/aromatic N) is 3. The molecule has 0 saturated heterocycles. The van der Waals surface area contributed by atoms with Crippen molar-refractivity contribution in [2.45, 2.75) is 19.4 Å². The van der Waals surface area contributed by atoms with E-state index in [4.69, 9.17) is 5.73 Å². The van der Waals surface area contributed by atoms with Crippen LogP contribution in [0, 0.1) is 0 Å². The lowest BCUT2D eigenvalue weighted by Gasteiger charge is -2.25. The Kier molecular flexibility index (Phi) is 4.10. The van der Waals surface area contributed by atoms with Gasteiger partial charge in [0, 0.05) is 31.4 Å². The van der Waals surface area contributed by atoms with Crippen molar-refractivity contribution < 1.29 is 0 Å². The summed E-state index contributed by atoms with van der Waals surface area (Å²) in [5.41, 5.74) is 6.97. The standard InChI is InChI=1S/C10H20N4/c1-4-5-13(2)10(6-11)9-7-12-14(3)8-9/h7-8,10H,4-6,11H2,1-3H3. The highest BCUT2D eigenvalue weighted by Crippen LogP contribution is 2.16. The summed E-state index contributed by atoms with van der Waals surface area (Å²) in [5.74, 6) is 0. The van der Waals surface area contributed by atoms with Gasteiger partial charge in [-0.15, -0.1) is 0 Å². The Hall–Kier alpha value is -0.870. The van der Waals surface area contributed by atoms with Gasteiger partial charge < -0.3 is 5.73 Å². The maximum atomic E-state index is 5.77. The Labute approximate surface area is 85.7 Å². The van der Waals surface area contributed by atoms with Gasteiger partial charge in [-0.25, -0.2) is 0 Å². The predicted octanol–water partition coefficient (Wildman–Crippen LogP) is 0.762. The molecule has 0 aromatic carbocycles. The van der Waals surface area contributed by atoms with Crippen LogP contribution in [-0.2, 0) is 7.05 Å². The van der Waals surface area contributed by atoms with Gasteiger partial charge in [-0.3, -0.25) is 9.58 Å². The number of hydrogen-bond donors (Lipinski definition) is 1. The van der Waals surface area contributed by atoms with Crippen LogP contribution in [0.3, 0.4) is 0 Å². The monoisotopic (exact) mass is 196 g/mol. The first-order chi connectivity index (χ1) is 6.69. The van der Waals surface area contributed by atoms with Crippen LogP contribution < -0.4 is 5.73 Å². The van der Waals surface area contributed by atoms with Gasteiger partial charge in [-0.2, -0.15) is 5.10 Å². The van der Waals surface area contributed by atoms with Crippen molar-refractivity contribution in [2.24, 2.45) is 12.8 Å². The quantitative estimate of drug-likeness (QED) is 0.756. The van der Waals surface area contributed by atoms with Gasteiger partial charge >= 0.3 is 0 Å². The van der Waals surface area contributed by atoms with Gasteiger partial charge in [0.2, 0.25) is 0 Å². The molecule has 0 spiro atoms. The van der Waals surface area contributed by atoms with E-state index in [1.54, 1.807) is 0 Å². The molecule has 0 saturated carbocycles. The number of nitrogens with two attached hydrogens (primary N) is 1. The van der Waals surface area contributed by atoms with Crippen molar-refractivity contribution in [2.75, 3.05) is 20.1 Å².